The zero-order valence-corrected chi connectivity index (χ0v) is 15.3. The number of carbonyl (C=O) groups is 1. The smallest absolute Gasteiger partial charge is 0.239 e. The van der Waals surface area contributed by atoms with Gasteiger partial charge < -0.3 is 9.84 Å². The normalized spacial score (nSPS) is 18.4. The quantitative estimate of drug-likeness (QED) is 0.865. The molecule has 3 heterocycles. The molecule has 1 amide bonds. The number of nitrogens with one attached hydrogen (secondary N) is 1. The van der Waals surface area contributed by atoms with Crippen LogP contribution in [0.4, 0.5) is 5.82 Å². The van der Waals surface area contributed by atoms with E-state index in [0.29, 0.717) is 18.3 Å². The van der Waals surface area contributed by atoms with E-state index in [9.17, 15) is 4.79 Å². The van der Waals surface area contributed by atoms with Gasteiger partial charge in [0.15, 0.2) is 5.82 Å². The Balaban J connectivity index is 1.64. The molecule has 136 valence electrons. The molecule has 1 saturated heterocycles. The lowest BCUT2D eigenvalue weighted by atomic mass is 10.2. The van der Waals surface area contributed by atoms with E-state index in [4.69, 9.17) is 4.52 Å². The van der Waals surface area contributed by atoms with Crippen molar-refractivity contribution in [2.45, 2.75) is 58.5 Å². The van der Waals surface area contributed by atoms with E-state index in [0.717, 1.165) is 25.2 Å². The van der Waals surface area contributed by atoms with Crippen molar-refractivity contribution in [3.63, 3.8) is 0 Å². The number of amides is 1. The summed E-state index contributed by atoms with van der Waals surface area (Å²) in [6.07, 6.45) is 3.66. The van der Waals surface area contributed by atoms with Crippen LogP contribution < -0.4 is 5.32 Å². The standard InChI is InChI=1S/C17H26N6O2/c1-11(2)17-20-16(21-25-17)13-6-5-9-22(13)10-15(24)19-14-7-8-18-23(14)12(3)4/h7-8,11-13H,5-6,9-10H2,1-4H3,(H,19,24). The molecule has 1 aliphatic rings. The second-order valence-corrected chi connectivity index (χ2v) is 7.08. The van der Waals surface area contributed by atoms with Crippen LogP contribution in [0.25, 0.3) is 0 Å². The van der Waals surface area contributed by atoms with E-state index >= 15 is 0 Å². The van der Waals surface area contributed by atoms with E-state index in [-0.39, 0.29) is 23.9 Å². The zero-order valence-electron chi connectivity index (χ0n) is 15.3. The van der Waals surface area contributed by atoms with Crippen molar-refractivity contribution in [2.24, 2.45) is 0 Å². The minimum absolute atomic E-state index is 0.0389. The topological polar surface area (TPSA) is 89.1 Å². The number of rotatable bonds is 6. The average molecular weight is 346 g/mol. The Morgan fingerprint density at radius 1 is 1.40 bits per heavy atom. The Hall–Kier alpha value is -2.22. The number of anilines is 1. The van der Waals surface area contributed by atoms with Gasteiger partial charge >= 0.3 is 0 Å². The van der Waals surface area contributed by atoms with Gasteiger partial charge in [-0.2, -0.15) is 10.1 Å². The SMILES string of the molecule is CC(C)c1nc(C2CCCN2CC(=O)Nc2ccnn2C(C)C)no1. The van der Waals surface area contributed by atoms with Crippen molar-refractivity contribution < 1.29 is 9.32 Å². The van der Waals surface area contributed by atoms with E-state index in [2.05, 4.69) is 25.5 Å². The van der Waals surface area contributed by atoms with Crippen molar-refractivity contribution >= 4 is 11.7 Å². The summed E-state index contributed by atoms with van der Waals surface area (Å²) in [5, 5.41) is 11.3. The highest BCUT2D eigenvalue weighted by molar-refractivity contribution is 5.91. The highest BCUT2D eigenvalue weighted by Gasteiger charge is 2.31. The summed E-state index contributed by atoms with van der Waals surface area (Å²) in [5.74, 6) is 2.20. The molecule has 2 aromatic heterocycles. The van der Waals surface area contributed by atoms with Gasteiger partial charge in [0, 0.05) is 18.0 Å². The zero-order chi connectivity index (χ0) is 18.0. The van der Waals surface area contributed by atoms with Gasteiger partial charge in [-0.25, -0.2) is 4.68 Å². The van der Waals surface area contributed by atoms with Gasteiger partial charge in [0.2, 0.25) is 11.8 Å². The van der Waals surface area contributed by atoms with Gasteiger partial charge in [0.25, 0.3) is 0 Å². The van der Waals surface area contributed by atoms with Gasteiger partial charge in [-0.1, -0.05) is 19.0 Å². The molecule has 8 nitrogen and oxygen atoms in total. The van der Waals surface area contributed by atoms with Crippen LogP contribution in [-0.2, 0) is 4.79 Å². The lowest BCUT2D eigenvalue weighted by molar-refractivity contribution is -0.117. The third-order valence-electron chi connectivity index (χ3n) is 4.39. The van der Waals surface area contributed by atoms with E-state index in [1.54, 1.807) is 10.9 Å². The predicted octanol–water partition coefficient (Wildman–Crippen LogP) is 2.75. The molecule has 0 spiro atoms. The first-order valence-electron chi connectivity index (χ1n) is 8.86. The fourth-order valence-electron chi connectivity index (χ4n) is 3.12. The Labute approximate surface area is 147 Å². The average Bonchev–Trinajstić information content (AvgIpc) is 3.25. The molecular weight excluding hydrogens is 320 g/mol. The molecule has 1 fully saturated rings. The number of carbonyl (C=O) groups excluding carboxylic acids is 1. The summed E-state index contributed by atoms with van der Waals surface area (Å²) < 4.78 is 7.12. The van der Waals surface area contributed by atoms with E-state index in [1.165, 1.54) is 0 Å². The van der Waals surface area contributed by atoms with Crippen LogP contribution in [-0.4, -0.2) is 43.8 Å². The first-order valence-corrected chi connectivity index (χ1v) is 8.86. The summed E-state index contributed by atoms with van der Waals surface area (Å²) in [7, 11) is 0. The van der Waals surface area contributed by atoms with Crippen molar-refractivity contribution in [1.29, 1.82) is 0 Å². The monoisotopic (exact) mass is 346 g/mol. The fraction of sp³-hybridized carbons (Fsp3) is 0.647. The van der Waals surface area contributed by atoms with Crippen LogP contribution in [0.1, 0.15) is 70.3 Å². The molecule has 1 atom stereocenters. The van der Waals surface area contributed by atoms with Gasteiger partial charge in [-0.3, -0.25) is 9.69 Å². The van der Waals surface area contributed by atoms with E-state index in [1.807, 2.05) is 33.8 Å². The van der Waals surface area contributed by atoms with Gasteiger partial charge in [-0.15, -0.1) is 0 Å². The predicted molar refractivity (Wildman–Crippen MR) is 93.2 cm³/mol. The molecular formula is C17H26N6O2. The first kappa shape index (κ1) is 17.6. The van der Waals surface area contributed by atoms with Crippen LogP contribution in [0.15, 0.2) is 16.8 Å². The van der Waals surface area contributed by atoms with Crippen LogP contribution >= 0.6 is 0 Å². The largest absolute Gasteiger partial charge is 0.339 e. The molecule has 3 rings (SSSR count). The number of hydrogen-bond donors (Lipinski definition) is 1. The van der Waals surface area contributed by atoms with E-state index < -0.39 is 0 Å². The molecule has 0 bridgehead atoms. The molecule has 0 saturated carbocycles. The van der Waals surface area contributed by atoms with Crippen LogP contribution in [0.2, 0.25) is 0 Å². The lowest BCUT2D eigenvalue weighted by Crippen LogP contribution is -2.33. The Morgan fingerprint density at radius 2 is 2.20 bits per heavy atom. The van der Waals surface area contributed by atoms with Crippen molar-refractivity contribution in [3.05, 3.63) is 24.0 Å². The second-order valence-electron chi connectivity index (χ2n) is 7.08. The summed E-state index contributed by atoms with van der Waals surface area (Å²) >= 11 is 0. The minimum Gasteiger partial charge on any atom is -0.339 e. The molecule has 2 aromatic rings. The Bertz CT molecular complexity index is 720. The first-order chi connectivity index (χ1) is 12.0. The summed E-state index contributed by atoms with van der Waals surface area (Å²) in [6.45, 7) is 9.26. The maximum absolute atomic E-state index is 12.5. The molecule has 0 aromatic carbocycles. The van der Waals surface area contributed by atoms with Gasteiger partial charge in [0.1, 0.15) is 5.82 Å². The number of likely N-dealkylation sites (tertiary alicyclic amines) is 1. The molecule has 1 N–H and O–H groups in total. The molecule has 0 aliphatic carbocycles. The highest BCUT2D eigenvalue weighted by atomic mass is 16.5. The van der Waals surface area contributed by atoms with Gasteiger partial charge in [0.05, 0.1) is 18.8 Å². The third-order valence-corrected chi connectivity index (χ3v) is 4.39. The molecule has 1 aliphatic heterocycles. The number of nitrogens with zero attached hydrogens (tertiary/aromatic N) is 5. The maximum atomic E-state index is 12.5. The Morgan fingerprint density at radius 3 is 2.88 bits per heavy atom. The van der Waals surface area contributed by atoms with Crippen LogP contribution in [0.3, 0.4) is 0 Å². The van der Waals surface area contributed by atoms with Crippen molar-refractivity contribution in [1.82, 2.24) is 24.8 Å². The fourth-order valence-corrected chi connectivity index (χ4v) is 3.12. The molecule has 8 heteroatoms. The van der Waals surface area contributed by atoms with Gasteiger partial charge in [-0.05, 0) is 33.2 Å². The van der Waals surface area contributed by atoms with Crippen LogP contribution in [0.5, 0.6) is 0 Å². The van der Waals surface area contributed by atoms with Crippen molar-refractivity contribution in [3.8, 4) is 0 Å². The lowest BCUT2D eigenvalue weighted by Gasteiger charge is -2.21. The third kappa shape index (κ3) is 3.89. The van der Waals surface area contributed by atoms with Crippen molar-refractivity contribution in [2.75, 3.05) is 18.4 Å². The summed E-state index contributed by atoms with van der Waals surface area (Å²) in [6, 6.07) is 2.05. The summed E-state index contributed by atoms with van der Waals surface area (Å²) in [5.41, 5.74) is 0. The summed E-state index contributed by atoms with van der Waals surface area (Å²) in [4.78, 5) is 19.1. The number of aromatic nitrogens is 4. The Kier molecular flexibility index (Phi) is 5.17. The molecule has 0 radical (unpaired) electrons. The second kappa shape index (κ2) is 7.35. The van der Waals surface area contributed by atoms with Crippen LogP contribution in [0, 0.1) is 0 Å². The molecule has 1 unspecified atom stereocenters. The number of hydrogen-bond acceptors (Lipinski definition) is 6. The molecule has 25 heavy (non-hydrogen) atoms. The minimum atomic E-state index is -0.0538. The highest BCUT2D eigenvalue weighted by Crippen LogP contribution is 2.30. The maximum Gasteiger partial charge on any atom is 0.239 e.